The van der Waals surface area contributed by atoms with Gasteiger partial charge in [-0.1, -0.05) is 12.1 Å². The summed E-state index contributed by atoms with van der Waals surface area (Å²) < 4.78 is 5.69. The lowest BCUT2D eigenvalue weighted by Gasteiger charge is -2.27. The van der Waals surface area contributed by atoms with Crippen molar-refractivity contribution in [2.24, 2.45) is 0 Å². The Labute approximate surface area is 169 Å². The minimum Gasteiger partial charge on any atom is -0.443 e. The summed E-state index contributed by atoms with van der Waals surface area (Å²) in [6.45, 7) is 7.88. The van der Waals surface area contributed by atoms with Crippen molar-refractivity contribution in [1.29, 1.82) is 0 Å². The minimum absolute atomic E-state index is 0.0382. The molecule has 1 fully saturated rings. The number of anilines is 2. The highest BCUT2D eigenvalue weighted by molar-refractivity contribution is 5.92. The standard InChI is InChI=1S/C21H26N6O2/c1-12-14(3)29-20-18(12)19(22)25-17(26-20)11-24-13(2)15-5-7-16(8-6-15)27-10-4-9-23-21(27)28/h5-8,13,24H,4,9-11H2,1-3H3,(H,23,28)(H2,22,25,26). The van der Waals surface area contributed by atoms with Crippen molar-refractivity contribution in [2.45, 2.75) is 39.8 Å². The van der Waals surface area contributed by atoms with Crippen LogP contribution in [0.4, 0.5) is 16.3 Å². The van der Waals surface area contributed by atoms with Crippen LogP contribution in [-0.2, 0) is 6.54 Å². The number of nitrogens with zero attached hydrogens (tertiary/aromatic N) is 3. The van der Waals surface area contributed by atoms with E-state index in [0.717, 1.165) is 47.5 Å². The van der Waals surface area contributed by atoms with E-state index in [1.165, 1.54) is 0 Å². The van der Waals surface area contributed by atoms with Gasteiger partial charge in [0.25, 0.3) is 0 Å². The number of carbonyl (C=O) groups is 1. The zero-order chi connectivity index (χ0) is 20.5. The van der Waals surface area contributed by atoms with Crippen molar-refractivity contribution in [3.05, 3.63) is 47.0 Å². The molecule has 2 amide bonds. The molecule has 0 spiro atoms. The summed E-state index contributed by atoms with van der Waals surface area (Å²) in [5, 5.41) is 7.08. The lowest BCUT2D eigenvalue weighted by atomic mass is 10.1. The molecule has 0 aliphatic carbocycles. The first kappa shape index (κ1) is 19.2. The van der Waals surface area contributed by atoms with Gasteiger partial charge in [0.05, 0.1) is 11.9 Å². The first-order valence-corrected chi connectivity index (χ1v) is 9.85. The predicted molar refractivity (Wildman–Crippen MR) is 113 cm³/mol. The molecule has 1 unspecified atom stereocenters. The molecule has 1 aromatic carbocycles. The maximum atomic E-state index is 12.0. The normalized spacial score (nSPS) is 15.6. The molecule has 0 bridgehead atoms. The van der Waals surface area contributed by atoms with Crippen LogP contribution in [0.1, 0.15) is 42.1 Å². The Bertz CT molecular complexity index is 1040. The van der Waals surface area contributed by atoms with Crippen molar-refractivity contribution < 1.29 is 9.21 Å². The quantitative estimate of drug-likeness (QED) is 0.613. The number of urea groups is 1. The molecule has 3 heterocycles. The van der Waals surface area contributed by atoms with Crippen LogP contribution in [0, 0.1) is 13.8 Å². The number of aromatic nitrogens is 2. The van der Waals surface area contributed by atoms with Crippen LogP contribution in [0.25, 0.3) is 11.1 Å². The molecule has 8 nitrogen and oxygen atoms in total. The molecule has 1 atom stereocenters. The number of aryl methyl sites for hydroxylation is 2. The molecule has 29 heavy (non-hydrogen) atoms. The van der Waals surface area contributed by atoms with Gasteiger partial charge in [0, 0.05) is 30.4 Å². The number of nitrogens with one attached hydrogen (secondary N) is 2. The molecule has 1 saturated heterocycles. The van der Waals surface area contributed by atoms with E-state index in [1.807, 2.05) is 38.1 Å². The molecule has 4 rings (SSSR count). The maximum absolute atomic E-state index is 12.0. The Morgan fingerprint density at radius 3 is 2.76 bits per heavy atom. The number of hydrogen-bond donors (Lipinski definition) is 3. The number of fused-ring (bicyclic) bond motifs is 1. The van der Waals surface area contributed by atoms with Gasteiger partial charge in [0.15, 0.2) is 0 Å². The van der Waals surface area contributed by atoms with Gasteiger partial charge in [-0.3, -0.25) is 4.90 Å². The minimum atomic E-state index is -0.0382. The van der Waals surface area contributed by atoms with E-state index in [-0.39, 0.29) is 12.1 Å². The van der Waals surface area contributed by atoms with Crippen molar-refractivity contribution in [1.82, 2.24) is 20.6 Å². The second kappa shape index (κ2) is 7.71. The highest BCUT2D eigenvalue weighted by atomic mass is 16.3. The van der Waals surface area contributed by atoms with Crippen LogP contribution in [0.5, 0.6) is 0 Å². The summed E-state index contributed by atoms with van der Waals surface area (Å²) >= 11 is 0. The van der Waals surface area contributed by atoms with E-state index in [1.54, 1.807) is 4.90 Å². The van der Waals surface area contributed by atoms with Gasteiger partial charge in [0.1, 0.15) is 17.4 Å². The van der Waals surface area contributed by atoms with E-state index in [4.69, 9.17) is 10.2 Å². The number of nitrogens with two attached hydrogens (primary N) is 1. The summed E-state index contributed by atoms with van der Waals surface area (Å²) in [7, 11) is 0. The van der Waals surface area contributed by atoms with Gasteiger partial charge >= 0.3 is 6.03 Å². The Morgan fingerprint density at radius 1 is 1.28 bits per heavy atom. The van der Waals surface area contributed by atoms with E-state index in [2.05, 4.69) is 27.5 Å². The first-order chi connectivity index (χ1) is 13.9. The number of benzene rings is 1. The molecule has 8 heteroatoms. The Kier molecular flexibility index (Phi) is 5.10. The molecule has 1 aliphatic rings. The summed E-state index contributed by atoms with van der Waals surface area (Å²) in [6, 6.07) is 8.07. The van der Waals surface area contributed by atoms with Gasteiger partial charge in [-0.15, -0.1) is 0 Å². The number of furan rings is 1. The van der Waals surface area contributed by atoms with Gasteiger partial charge in [-0.2, -0.15) is 4.98 Å². The smallest absolute Gasteiger partial charge is 0.321 e. The van der Waals surface area contributed by atoms with Crippen molar-refractivity contribution in [3.8, 4) is 0 Å². The van der Waals surface area contributed by atoms with Crippen LogP contribution < -0.4 is 21.3 Å². The monoisotopic (exact) mass is 394 g/mol. The zero-order valence-corrected chi connectivity index (χ0v) is 17.0. The van der Waals surface area contributed by atoms with Crippen molar-refractivity contribution in [3.63, 3.8) is 0 Å². The molecule has 4 N–H and O–H groups in total. The highest BCUT2D eigenvalue weighted by Gasteiger charge is 2.19. The van der Waals surface area contributed by atoms with Crippen molar-refractivity contribution >= 4 is 28.6 Å². The van der Waals surface area contributed by atoms with E-state index in [0.29, 0.717) is 23.9 Å². The fourth-order valence-electron chi connectivity index (χ4n) is 3.59. The molecule has 3 aromatic rings. The van der Waals surface area contributed by atoms with E-state index >= 15 is 0 Å². The zero-order valence-electron chi connectivity index (χ0n) is 17.0. The predicted octanol–water partition coefficient (Wildman–Crippen LogP) is 3.19. The lowest BCUT2D eigenvalue weighted by molar-refractivity contribution is 0.243. The van der Waals surface area contributed by atoms with Crippen molar-refractivity contribution in [2.75, 3.05) is 23.7 Å². The molecule has 0 radical (unpaired) electrons. The SMILES string of the molecule is Cc1oc2nc(CNC(C)c3ccc(N4CCCNC4=O)cc3)nc(N)c2c1C. The second-order valence-electron chi connectivity index (χ2n) is 7.42. The molecule has 152 valence electrons. The maximum Gasteiger partial charge on any atom is 0.321 e. The molecule has 1 aliphatic heterocycles. The van der Waals surface area contributed by atoms with Gasteiger partial charge in [-0.05, 0) is 44.9 Å². The Morgan fingerprint density at radius 2 is 2.03 bits per heavy atom. The highest BCUT2D eigenvalue weighted by Crippen LogP contribution is 2.27. The fraction of sp³-hybridized carbons (Fsp3) is 0.381. The number of carbonyl (C=O) groups excluding carboxylic acids is 1. The summed E-state index contributed by atoms with van der Waals surface area (Å²) in [5.41, 5.74) is 9.64. The molecular weight excluding hydrogens is 368 g/mol. The van der Waals surface area contributed by atoms with Gasteiger partial charge in [-0.25, -0.2) is 9.78 Å². The van der Waals surface area contributed by atoms with Crippen LogP contribution >= 0.6 is 0 Å². The number of hydrogen-bond acceptors (Lipinski definition) is 6. The van der Waals surface area contributed by atoms with Crippen LogP contribution in [0.15, 0.2) is 28.7 Å². The molecule has 2 aromatic heterocycles. The number of nitrogen functional groups attached to an aromatic ring is 1. The van der Waals surface area contributed by atoms with E-state index in [9.17, 15) is 4.79 Å². The third kappa shape index (κ3) is 3.75. The number of rotatable bonds is 5. The Hall–Kier alpha value is -3.13. The fourth-order valence-corrected chi connectivity index (χ4v) is 3.59. The van der Waals surface area contributed by atoms with Crippen LogP contribution in [-0.4, -0.2) is 29.1 Å². The largest absolute Gasteiger partial charge is 0.443 e. The first-order valence-electron chi connectivity index (χ1n) is 9.85. The average Bonchev–Trinajstić information content (AvgIpc) is 3.00. The topological polar surface area (TPSA) is 109 Å². The summed E-state index contributed by atoms with van der Waals surface area (Å²) in [6.07, 6.45) is 0.952. The number of amides is 2. The average molecular weight is 394 g/mol. The van der Waals surface area contributed by atoms with Crippen LogP contribution in [0.2, 0.25) is 0 Å². The summed E-state index contributed by atoms with van der Waals surface area (Å²) in [4.78, 5) is 22.7. The van der Waals surface area contributed by atoms with E-state index < -0.39 is 0 Å². The third-order valence-corrected chi connectivity index (χ3v) is 5.45. The molecule has 0 saturated carbocycles. The van der Waals surface area contributed by atoms with Crippen LogP contribution in [0.3, 0.4) is 0 Å². The van der Waals surface area contributed by atoms with Gasteiger partial charge < -0.3 is 20.8 Å². The molecular formula is C21H26N6O2. The third-order valence-electron chi connectivity index (χ3n) is 5.45. The lowest BCUT2D eigenvalue weighted by Crippen LogP contribution is -2.46. The second-order valence-corrected chi connectivity index (χ2v) is 7.42. The summed E-state index contributed by atoms with van der Waals surface area (Å²) in [5.74, 6) is 1.84. The Balaban J connectivity index is 1.44. The van der Waals surface area contributed by atoms with Gasteiger partial charge in [0.2, 0.25) is 5.71 Å².